The van der Waals surface area contributed by atoms with Crippen molar-refractivity contribution in [1.82, 2.24) is 0 Å². The van der Waals surface area contributed by atoms with Crippen molar-refractivity contribution in [2.45, 2.75) is 12.8 Å². The van der Waals surface area contributed by atoms with Gasteiger partial charge < -0.3 is 5.11 Å². The topological polar surface area (TPSA) is 37.3 Å². The highest BCUT2D eigenvalue weighted by atomic mass is 35.5. The van der Waals surface area contributed by atoms with Crippen LogP contribution >= 0.6 is 11.6 Å². The van der Waals surface area contributed by atoms with Crippen molar-refractivity contribution in [3.8, 4) is 0 Å². The van der Waals surface area contributed by atoms with E-state index in [0.717, 1.165) is 5.56 Å². The molecule has 0 saturated heterocycles. The van der Waals surface area contributed by atoms with Crippen LogP contribution in [0.3, 0.4) is 0 Å². The lowest BCUT2D eigenvalue weighted by molar-refractivity contribution is -0.132. The summed E-state index contributed by atoms with van der Waals surface area (Å²) in [5.41, 5.74) is 1.14. The van der Waals surface area contributed by atoms with E-state index >= 15 is 0 Å². The SMILES string of the molecule is C=C(CCC=C(Cl)c1ccccc1)C(=O)O. The molecule has 1 aromatic rings. The minimum atomic E-state index is -0.954. The Hall–Kier alpha value is -1.54. The van der Waals surface area contributed by atoms with Crippen LogP contribution in [0.2, 0.25) is 0 Å². The van der Waals surface area contributed by atoms with E-state index in [1.807, 2.05) is 36.4 Å². The van der Waals surface area contributed by atoms with Gasteiger partial charge in [-0.2, -0.15) is 0 Å². The van der Waals surface area contributed by atoms with Crippen molar-refractivity contribution in [2.24, 2.45) is 0 Å². The highest BCUT2D eigenvalue weighted by molar-refractivity contribution is 6.48. The number of halogens is 1. The van der Waals surface area contributed by atoms with E-state index in [1.165, 1.54) is 0 Å². The van der Waals surface area contributed by atoms with Crippen molar-refractivity contribution >= 4 is 22.6 Å². The van der Waals surface area contributed by atoms with Crippen LogP contribution in [0.5, 0.6) is 0 Å². The van der Waals surface area contributed by atoms with Gasteiger partial charge in [0.1, 0.15) is 0 Å². The molecule has 84 valence electrons. The van der Waals surface area contributed by atoms with E-state index in [1.54, 1.807) is 0 Å². The Morgan fingerprint density at radius 3 is 2.56 bits per heavy atom. The van der Waals surface area contributed by atoms with Gasteiger partial charge in [0.15, 0.2) is 0 Å². The molecular formula is C13H13ClO2. The average molecular weight is 237 g/mol. The summed E-state index contributed by atoms with van der Waals surface area (Å²) in [5.74, 6) is -0.954. The van der Waals surface area contributed by atoms with Crippen LogP contribution in [-0.2, 0) is 4.79 Å². The molecule has 0 fully saturated rings. The monoisotopic (exact) mass is 236 g/mol. The highest BCUT2D eigenvalue weighted by Crippen LogP contribution is 2.19. The Morgan fingerprint density at radius 2 is 2.00 bits per heavy atom. The maximum absolute atomic E-state index is 10.5. The van der Waals surface area contributed by atoms with Crippen LogP contribution in [0, 0.1) is 0 Å². The summed E-state index contributed by atoms with van der Waals surface area (Å²) in [4.78, 5) is 10.5. The molecule has 0 amide bonds. The van der Waals surface area contributed by atoms with E-state index in [0.29, 0.717) is 17.9 Å². The lowest BCUT2D eigenvalue weighted by Gasteiger charge is -1.99. The van der Waals surface area contributed by atoms with Gasteiger partial charge in [-0.3, -0.25) is 0 Å². The Morgan fingerprint density at radius 1 is 1.38 bits per heavy atom. The number of benzene rings is 1. The molecule has 0 radical (unpaired) electrons. The van der Waals surface area contributed by atoms with Gasteiger partial charge >= 0.3 is 5.97 Å². The summed E-state index contributed by atoms with van der Waals surface area (Å²) >= 11 is 6.05. The van der Waals surface area contributed by atoms with Gasteiger partial charge in [0.2, 0.25) is 0 Å². The zero-order chi connectivity index (χ0) is 12.0. The fourth-order valence-electron chi connectivity index (χ4n) is 1.20. The van der Waals surface area contributed by atoms with Crippen LogP contribution in [-0.4, -0.2) is 11.1 Å². The van der Waals surface area contributed by atoms with Crippen molar-refractivity contribution in [1.29, 1.82) is 0 Å². The van der Waals surface area contributed by atoms with Gasteiger partial charge in [0.25, 0.3) is 0 Å². The van der Waals surface area contributed by atoms with Crippen LogP contribution < -0.4 is 0 Å². The summed E-state index contributed by atoms with van der Waals surface area (Å²) in [6.45, 7) is 3.45. The molecule has 0 aliphatic rings. The third-order valence-electron chi connectivity index (χ3n) is 2.12. The van der Waals surface area contributed by atoms with Gasteiger partial charge in [-0.15, -0.1) is 0 Å². The molecule has 0 aromatic heterocycles. The third kappa shape index (κ3) is 3.91. The van der Waals surface area contributed by atoms with Crippen molar-refractivity contribution in [3.63, 3.8) is 0 Å². The summed E-state index contributed by atoms with van der Waals surface area (Å²) < 4.78 is 0. The third-order valence-corrected chi connectivity index (χ3v) is 2.49. The van der Waals surface area contributed by atoms with Crippen LogP contribution in [0.25, 0.3) is 5.03 Å². The first-order valence-corrected chi connectivity index (χ1v) is 5.31. The molecule has 16 heavy (non-hydrogen) atoms. The Kier molecular flexibility index (Phi) is 4.80. The fraction of sp³-hybridized carbons (Fsp3) is 0.154. The molecule has 0 saturated carbocycles. The minimum absolute atomic E-state index is 0.203. The number of aliphatic carboxylic acids is 1. The molecule has 0 unspecified atom stereocenters. The van der Waals surface area contributed by atoms with Crippen molar-refractivity contribution in [3.05, 3.63) is 54.1 Å². The van der Waals surface area contributed by atoms with E-state index in [-0.39, 0.29) is 5.57 Å². The molecule has 1 N–H and O–H groups in total. The fourth-order valence-corrected chi connectivity index (χ4v) is 1.43. The summed E-state index contributed by atoms with van der Waals surface area (Å²) in [5, 5.41) is 9.25. The molecule has 0 atom stereocenters. The molecular weight excluding hydrogens is 224 g/mol. The Labute approximate surface area is 99.9 Å². The molecule has 1 aromatic carbocycles. The number of carbonyl (C=O) groups is 1. The number of carboxylic acid groups (broad SMARTS) is 1. The second-order valence-electron chi connectivity index (χ2n) is 3.37. The number of hydrogen-bond donors (Lipinski definition) is 1. The smallest absolute Gasteiger partial charge is 0.330 e. The molecule has 2 nitrogen and oxygen atoms in total. The van der Waals surface area contributed by atoms with E-state index < -0.39 is 5.97 Å². The lowest BCUT2D eigenvalue weighted by Crippen LogP contribution is -1.97. The molecule has 0 aliphatic heterocycles. The van der Waals surface area contributed by atoms with Gasteiger partial charge in [-0.1, -0.05) is 54.6 Å². The predicted molar refractivity (Wildman–Crippen MR) is 66.3 cm³/mol. The molecule has 1 rings (SSSR count). The number of hydrogen-bond acceptors (Lipinski definition) is 1. The maximum Gasteiger partial charge on any atom is 0.330 e. The number of carboxylic acids is 1. The van der Waals surface area contributed by atoms with Crippen molar-refractivity contribution in [2.75, 3.05) is 0 Å². The maximum atomic E-state index is 10.5. The van der Waals surface area contributed by atoms with Crippen LogP contribution in [0.1, 0.15) is 18.4 Å². The largest absolute Gasteiger partial charge is 0.478 e. The van der Waals surface area contributed by atoms with E-state index in [9.17, 15) is 4.79 Å². The van der Waals surface area contributed by atoms with Gasteiger partial charge in [0.05, 0.1) is 0 Å². The molecule has 0 spiro atoms. The lowest BCUT2D eigenvalue weighted by atomic mass is 10.1. The summed E-state index contributed by atoms with van der Waals surface area (Å²) in [6, 6.07) is 9.54. The first-order valence-electron chi connectivity index (χ1n) is 4.93. The Bertz CT molecular complexity index is 407. The quantitative estimate of drug-likeness (QED) is 0.792. The van der Waals surface area contributed by atoms with Gasteiger partial charge in [-0.25, -0.2) is 4.79 Å². The Balaban J connectivity index is 2.53. The molecule has 0 aliphatic carbocycles. The normalized spacial score (nSPS) is 11.2. The summed E-state index contributed by atoms with van der Waals surface area (Å²) in [7, 11) is 0. The van der Waals surface area contributed by atoms with Crippen LogP contribution in [0.4, 0.5) is 0 Å². The minimum Gasteiger partial charge on any atom is -0.478 e. The summed E-state index contributed by atoms with van der Waals surface area (Å²) in [6.07, 6.45) is 2.81. The standard InChI is InChI=1S/C13H13ClO2/c1-10(13(15)16)6-5-9-12(14)11-7-3-2-4-8-11/h2-4,7-9H,1,5-6H2,(H,15,16). The first-order chi connectivity index (χ1) is 7.61. The molecule has 0 heterocycles. The molecule has 3 heteroatoms. The number of allylic oxidation sites excluding steroid dienone is 1. The second-order valence-corrected chi connectivity index (χ2v) is 3.77. The first kappa shape index (κ1) is 12.5. The molecule has 0 bridgehead atoms. The second kappa shape index (κ2) is 6.13. The highest BCUT2D eigenvalue weighted by Gasteiger charge is 2.02. The average Bonchev–Trinajstić information content (AvgIpc) is 2.29. The van der Waals surface area contributed by atoms with E-state index in [2.05, 4.69) is 6.58 Å². The van der Waals surface area contributed by atoms with Gasteiger partial charge in [-0.05, 0) is 18.4 Å². The predicted octanol–water partition coefficient (Wildman–Crippen LogP) is 3.69. The van der Waals surface area contributed by atoms with Crippen molar-refractivity contribution < 1.29 is 9.90 Å². The zero-order valence-electron chi connectivity index (χ0n) is 8.82. The number of rotatable bonds is 5. The van der Waals surface area contributed by atoms with E-state index in [4.69, 9.17) is 16.7 Å². The zero-order valence-corrected chi connectivity index (χ0v) is 9.57. The van der Waals surface area contributed by atoms with Crippen LogP contribution in [0.15, 0.2) is 48.6 Å². The van der Waals surface area contributed by atoms with Gasteiger partial charge in [0, 0.05) is 10.6 Å².